The first-order valence-electron chi connectivity index (χ1n) is 14.2. The van der Waals surface area contributed by atoms with Gasteiger partial charge in [-0.25, -0.2) is 9.50 Å². The number of nitrogens with zero attached hydrogens (tertiary/aromatic N) is 6. The normalized spacial score (nSPS) is 22.7. The van der Waals surface area contributed by atoms with Gasteiger partial charge in [0.2, 0.25) is 0 Å². The number of fused-ring (bicyclic) bond motifs is 1. The quantitative estimate of drug-likeness (QED) is 0.420. The number of benzene rings is 1. The molecule has 0 unspecified atom stereocenters. The van der Waals surface area contributed by atoms with Gasteiger partial charge >= 0.3 is 0 Å². The van der Waals surface area contributed by atoms with E-state index in [9.17, 15) is 4.79 Å². The van der Waals surface area contributed by atoms with Crippen molar-refractivity contribution in [1.82, 2.24) is 19.5 Å². The van der Waals surface area contributed by atoms with Crippen molar-refractivity contribution < 1.29 is 9.53 Å². The number of likely N-dealkylation sites (tertiary alicyclic amines) is 1. The summed E-state index contributed by atoms with van der Waals surface area (Å²) in [7, 11) is 1.84. The molecule has 2 atom stereocenters. The average Bonchev–Trinajstić information content (AvgIpc) is 3.70. The van der Waals surface area contributed by atoms with Crippen LogP contribution in [0, 0.1) is 12.8 Å². The second kappa shape index (κ2) is 10.8. The number of rotatable bonds is 6. The summed E-state index contributed by atoms with van der Waals surface area (Å²) in [4.78, 5) is 27.5. The van der Waals surface area contributed by atoms with Gasteiger partial charge in [-0.3, -0.25) is 4.79 Å². The van der Waals surface area contributed by atoms with Crippen LogP contribution in [0.5, 0.6) is 5.75 Å². The Balaban J connectivity index is 1.27. The molecule has 4 heterocycles. The highest BCUT2D eigenvalue weighted by Crippen LogP contribution is 2.35. The van der Waals surface area contributed by atoms with Crippen molar-refractivity contribution in [2.24, 2.45) is 10.9 Å². The van der Waals surface area contributed by atoms with E-state index < -0.39 is 0 Å². The predicted octanol–water partition coefficient (Wildman–Crippen LogP) is 5.25. The van der Waals surface area contributed by atoms with Crippen LogP contribution in [0.15, 0.2) is 41.5 Å². The van der Waals surface area contributed by atoms with E-state index in [0.717, 1.165) is 80.9 Å². The van der Waals surface area contributed by atoms with E-state index in [2.05, 4.69) is 35.3 Å². The van der Waals surface area contributed by atoms with E-state index in [0.29, 0.717) is 17.2 Å². The van der Waals surface area contributed by atoms with Gasteiger partial charge in [-0.2, -0.15) is 5.10 Å². The van der Waals surface area contributed by atoms with E-state index in [4.69, 9.17) is 14.8 Å². The van der Waals surface area contributed by atoms with Gasteiger partial charge in [-0.05, 0) is 70.4 Å². The highest BCUT2D eigenvalue weighted by Gasteiger charge is 2.33. The van der Waals surface area contributed by atoms with Gasteiger partial charge in [0.1, 0.15) is 11.6 Å². The number of aliphatic imine (C=N–C) groups is 1. The Bertz CT molecular complexity index is 1330. The molecule has 200 valence electrons. The Morgan fingerprint density at radius 3 is 2.74 bits per heavy atom. The number of amides is 1. The molecule has 3 aliphatic rings. The van der Waals surface area contributed by atoms with Crippen LogP contribution < -0.4 is 9.64 Å². The van der Waals surface area contributed by atoms with Crippen molar-refractivity contribution in [2.45, 2.75) is 70.4 Å². The van der Waals surface area contributed by atoms with Crippen molar-refractivity contribution in [1.29, 1.82) is 0 Å². The second-order valence-electron chi connectivity index (χ2n) is 11.1. The summed E-state index contributed by atoms with van der Waals surface area (Å²) in [6, 6.07) is 9.74. The lowest BCUT2D eigenvalue weighted by Crippen LogP contribution is -2.39. The van der Waals surface area contributed by atoms with Gasteiger partial charge < -0.3 is 19.5 Å². The molecule has 1 aromatic carbocycles. The van der Waals surface area contributed by atoms with Gasteiger partial charge in [0, 0.05) is 56.6 Å². The maximum Gasteiger partial charge on any atom is 0.258 e. The summed E-state index contributed by atoms with van der Waals surface area (Å²) >= 11 is 0. The number of aromatic nitrogens is 3. The van der Waals surface area contributed by atoms with Gasteiger partial charge in [0.15, 0.2) is 5.65 Å². The average molecular weight is 515 g/mol. The zero-order valence-electron chi connectivity index (χ0n) is 22.6. The van der Waals surface area contributed by atoms with Crippen molar-refractivity contribution in [2.75, 3.05) is 31.6 Å². The number of piperidine rings is 1. The molecule has 2 aliphatic heterocycles. The third kappa shape index (κ3) is 4.88. The molecule has 8 nitrogen and oxygen atoms in total. The predicted molar refractivity (Wildman–Crippen MR) is 149 cm³/mol. The monoisotopic (exact) mass is 514 g/mol. The molecule has 0 bridgehead atoms. The zero-order valence-corrected chi connectivity index (χ0v) is 22.6. The number of carbonyl (C=O) groups is 1. The van der Waals surface area contributed by atoms with Crippen molar-refractivity contribution in [3.8, 4) is 5.75 Å². The highest BCUT2D eigenvalue weighted by molar-refractivity contribution is 5.97. The van der Waals surface area contributed by atoms with Crippen LogP contribution in [-0.4, -0.2) is 64.4 Å². The van der Waals surface area contributed by atoms with Crippen molar-refractivity contribution >= 4 is 23.6 Å². The van der Waals surface area contributed by atoms with E-state index in [-0.39, 0.29) is 18.1 Å². The molecule has 3 aromatic rings. The van der Waals surface area contributed by atoms with E-state index in [1.54, 1.807) is 0 Å². The van der Waals surface area contributed by atoms with Crippen LogP contribution in [0.25, 0.3) is 5.65 Å². The third-order valence-electron chi connectivity index (χ3n) is 8.33. The Labute approximate surface area is 224 Å². The number of hydrogen-bond acceptors (Lipinski definition) is 6. The fourth-order valence-electron chi connectivity index (χ4n) is 6.38. The minimum Gasteiger partial charge on any atom is -0.490 e. The van der Waals surface area contributed by atoms with Crippen molar-refractivity contribution in [3.63, 3.8) is 0 Å². The fraction of sp³-hybridized carbons (Fsp3) is 0.533. The molecule has 6 rings (SSSR count). The summed E-state index contributed by atoms with van der Waals surface area (Å²) in [5, 5.41) is 4.93. The summed E-state index contributed by atoms with van der Waals surface area (Å²) in [5.41, 5.74) is 3.51. The molecule has 1 amide bonds. The van der Waals surface area contributed by atoms with Gasteiger partial charge in [0.25, 0.3) is 5.91 Å². The molecule has 0 spiro atoms. The summed E-state index contributed by atoms with van der Waals surface area (Å²) in [6.45, 7) is 4.74. The maximum absolute atomic E-state index is 13.9. The molecular weight excluding hydrogens is 476 g/mol. The van der Waals surface area contributed by atoms with Gasteiger partial charge in [-0.1, -0.05) is 12.1 Å². The standard InChI is InChI=1S/C30H38N6O2/c1-21-19-36-28(32-29(21)34-16-14-22(20-34)18-31-2)17-25(33-36)26-12-7-8-15-35(26)30(37)24-11-5-6-13-27(24)38-23-9-3-4-10-23/h5-6,11,13,17-19,22-23,26H,3-4,7-10,12,14-16,20H2,1-2H3/t22-,26+/m1/s1. The summed E-state index contributed by atoms with van der Waals surface area (Å²) < 4.78 is 8.19. The SMILES string of the molecule is CN=C[C@H]1CCN(c2nc3cc([C@@H]4CCCCN4C(=O)c4ccccc4OC4CCCC4)nn3cc2C)C1. The van der Waals surface area contributed by atoms with Crippen LogP contribution in [-0.2, 0) is 0 Å². The van der Waals surface area contributed by atoms with Crippen LogP contribution in [0.1, 0.15) is 79.0 Å². The summed E-state index contributed by atoms with van der Waals surface area (Å²) in [6.07, 6.45) is 12.9. The Morgan fingerprint density at radius 1 is 1.08 bits per heavy atom. The Morgan fingerprint density at radius 2 is 1.89 bits per heavy atom. The number of carbonyl (C=O) groups excluding carboxylic acids is 1. The molecule has 2 saturated heterocycles. The highest BCUT2D eigenvalue weighted by atomic mass is 16.5. The van der Waals surface area contributed by atoms with Crippen LogP contribution in [0.3, 0.4) is 0 Å². The van der Waals surface area contributed by atoms with E-state index >= 15 is 0 Å². The fourth-order valence-corrected chi connectivity index (χ4v) is 6.38. The molecule has 0 N–H and O–H groups in total. The molecule has 1 aliphatic carbocycles. The molecule has 8 heteroatoms. The van der Waals surface area contributed by atoms with Gasteiger partial charge in [-0.15, -0.1) is 0 Å². The van der Waals surface area contributed by atoms with E-state index in [1.165, 1.54) is 12.8 Å². The van der Waals surface area contributed by atoms with E-state index in [1.807, 2.05) is 40.7 Å². The first kappa shape index (κ1) is 24.9. The lowest BCUT2D eigenvalue weighted by atomic mass is 9.98. The third-order valence-corrected chi connectivity index (χ3v) is 8.33. The van der Waals surface area contributed by atoms with Crippen LogP contribution >= 0.6 is 0 Å². The summed E-state index contributed by atoms with van der Waals surface area (Å²) in [5.74, 6) is 2.24. The molecule has 1 saturated carbocycles. The molecule has 0 radical (unpaired) electrons. The molecule has 2 aromatic heterocycles. The lowest BCUT2D eigenvalue weighted by molar-refractivity contribution is 0.0598. The number of aryl methyl sites for hydroxylation is 1. The molecular formula is C30H38N6O2. The second-order valence-corrected chi connectivity index (χ2v) is 11.1. The minimum absolute atomic E-state index is 0.0332. The molecule has 38 heavy (non-hydrogen) atoms. The largest absolute Gasteiger partial charge is 0.490 e. The first-order chi connectivity index (χ1) is 18.6. The van der Waals surface area contributed by atoms with Gasteiger partial charge in [0.05, 0.1) is 23.4 Å². The minimum atomic E-state index is -0.0711. The number of para-hydroxylation sites is 1. The number of anilines is 1. The first-order valence-corrected chi connectivity index (χ1v) is 14.2. The Kier molecular flexibility index (Phi) is 7.04. The topological polar surface area (TPSA) is 75.3 Å². The van der Waals surface area contributed by atoms with Crippen molar-refractivity contribution in [3.05, 3.63) is 53.3 Å². The van der Waals surface area contributed by atoms with Crippen LogP contribution in [0.2, 0.25) is 0 Å². The maximum atomic E-state index is 13.9. The number of hydrogen-bond donors (Lipinski definition) is 0. The Hall–Kier alpha value is -3.42. The number of ether oxygens (including phenoxy) is 1. The lowest BCUT2D eigenvalue weighted by Gasteiger charge is -2.35. The zero-order chi connectivity index (χ0) is 26.1. The van der Waals surface area contributed by atoms with Crippen LogP contribution in [0.4, 0.5) is 5.82 Å². The smallest absolute Gasteiger partial charge is 0.258 e. The molecule has 3 fully saturated rings.